The van der Waals surface area contributed by atoms with Crippen LogP contribution in [0.25, 0.3) is 5.65 Å². The van der Waals surface area contributed by atoms with Gasteiger partial charge in [-0.15, -0.1) is 0 Å². The Balaban J connectivity index is 2.13. The van der Waals surface area contributed by atoms with Crippen molar-refractivity contribution in [3.05, 3.63) is 36.3 Å². The van der Waals surface area contributed by atoms with Gasteiger partial charge >= 0.3 is 12.1 Å². The number of carbonyl (C=O) groups excluding carboxylic acids is 1. The predicted molar refractivity (Wildman–Crippen MR) is 67.2 cm³/mol. The molecule has 0 spiro atoms. The molecule has 0 aliphatic rings. The number of alkyl halides is 3. The number of carbonyl (C=O) groups is 1. The Hall–Kier alpha value is -2.05. The third kappa shape index (κ3) is 3.28. The van der Waals surface area contributed by atoms with Crippen LogP contribution in [0.5, 0.6) is 0 Å². The molecule has 20 heavy (non-hydrogen) atoms. The molecule has 0 bridgehead atoms. The molecule has 0 unspecified atom stereocenters. The van der Waals surface area contributed by atoms with Crippen LogP contribution in [0.15, 0.2) is 30.6 Å². The molecule has 0 aromatic carbocycles. The maximum Gasteiger partial charge on any atom is 0.471 e. The number of nitrogens with one attached hydrogen (secondary N) is 1. The monoisotopic (exact) mass is 285 g/mol. The summed E-state index contributed by atoms with van der Waals surface area (Å²) in [5.41, 5.74) is 0.286. The molecule has 0 aliphatic heterocycles. The van der Waals surface area contributed by atoms with E-state index in [4.69, 9.17) is 0 Å². The summed E-state index contributed by atoms with van der Waals surface area (Å²) in [6.07, 6.45) is -1.14. The number of rotatable bonds is 3. The van der Waals surface area contributed by atoms with E-state index < -0.39 is 17.6 Å². The smallest absolute Gasteiger partial charge is 0.343 e. The van der Waals surface area contributed by atoms with E-state index in [9.17, 15) is 18.0 Å². The van der Waals surface area contributed by atoms with Crippen LogP contribution in [0.3, 0.4) is 0 Å². The van der Waals surface area contributed by atoms with Crippen LogP contribution >= 0.6 is 0 Å². The molecule has 0 radical (unpaired) electrons. The molecule has 2 aromatic heterocycles. The van der Waals surface area contributed by atoms with E-state index in [2.05, 4.69) is 4.98 Å². The lowest BCUT2D eigenvalue weighted by Crippen LogP contribution is -2.50. The summed E-state index contributed by atoms with van der Waals surface area (Å²) in [5.74, 6) is -1.94. The van der Waals surface area contributed by atoms with Gasteiger partial charge in [-0.2, -0.15) is 13.2 Å². The molecular weight excluding hydrogens is 271 g/mol. The molecule has 108 valence electrons. The van der Waals surface area contributed by atoms with Gasteiger partial charge in [-0.3, -0.25) is 4.79 Å². The summed E-state index contributed by atoms with van der Waals surface area (Å²) in [5, 5.41) is 1.98. The fourth-order valence-electron chi connectivity index (χ4n) is 1.95. The third-order valence-electron chi connectivity index (χ3n) is 2.75. The summed E-state index contributed by atoms with van der Waals surface area (Å²) >= 11 is 0. The highest BCUT2D eigenvalue weighted by Crippen LogP contribution is 2.19. The molecular formula is C13H14F3N3O. The average Bonchev–Trinajstić information content (AvgIpc) is 2.67. The van der Waals surface area contributed by atoms with Crippen molar-refractivity contribution in [2.24, 2.45) is 0 Å². The zero-order valence-corrected chi connectivity index (χ0v) is 11.0. The van der Waals surface area contributed by atoms with Gasteiger partial charge < -0.3 is 9.72 Å². The van der Waals surface area contributed by atoms with Crippen LogP contribution in [0, 0.1) is 0 Å². The number of pyridine rings is 1. The molecule has 7 heteroatoms. The topological polar surface area (TPSA) is 46.4 Å². The minimum absolute atomic E-state index is 0.205. The minimum Gasteiger partial charge on any atom is -0.343 e. The lowest BCUT2D eigenvalue weighted by Gasteiger charge is -2.25. The van der Waals surface area contributed by atoms with E-state index in [0.29, 0.717) is 11.3 Å². The van der Waals surface area contributed by atoms with Crippen LogP contribution in [0.2, 0.25) is 0 Å². The van der Waals surface area contributed by atoms with E-state index in [-0.39, 0.29) is 6.42 Å². The maximum absolute atomic E-state index is 12.3. The van der Waals surface area contributed by atoms with Crippen LogP contribution in [-0.2, 0) is 11.2 Å². The van der Waals surface area contributed by atoms with Crippen LogP contribution in [0.4, 0.5) is 13.2 Å². The van der Waals surface area contributed by atoms with Crippen molar-refractivity contribution in [3.8, 4) is 0 Å². The Kier molecular flexibility index (Phi) is 3.45. The molecule has 2 heterocycles. The second-order valence-electron chi connectivity index (χ2n) is 5.21. The number of fused-ring (bicyclic) bond motifs is 1. The van der Waals surface area contributed by atoms with Crippen LogP contribution in [0.1, 0.15) is 19.5 Å². The molecule has 2 aromatic rings. The number of nitrogens with zero attached hydrogens (tertiary/aromatic N) is 2. The molecule has 1 amide bonds. The molecule has 0 saturated heterocycles. The van der Waals surface area contributed by atoms with Crippen LogP contribution in [-0.4, -0.2) is 27.0 Å². The van der Waals surface area contributed by atoms with Crippen molar-refractivity contribution >= 4 is 11.6 Å². The van der Waals surface area contributed by atoms with Crippen molar-refractivity contribution in [2.45, 2.75) is 32.0 Å². The normalized spacial score (nSPS) is 12.7. The Labute approximate surface area is 113 Å². The predicted octanol–water partition coefficient (Wildman–Crippen LogP) is 2.33. The van der Waals surface area contributed by atoms with Gasteiger partial charge in [0.1, 0.15) is 5.65 Å². The van der Waals surface area contributed by atoms with Gasteiger partial charge in [0.2, 0.25) is 0 Å². The Morgan fingerprint density at radius 3 is 2.65 bits per heavy atom. The molecule has 0 aliphatic carbocycles. The van der Waals surface area contributed by atoms with Gasteiger partial charge in [-0.1, -0.05) is 6.07 Å². The van der Waals surface area contributed by atoms with E-state index in [1.54, 1.807) is 22.9 Å². The number of hydrogen-bond donors (Lipinski definition) is 1. The number of aromatic nitrogens is 2. The number of halogens is 3. The second-order valence-corrected chi connectivity index (χ2v) is 5.21. The van der Waals surface area contributed by atoms with Crippen molar-refractivity contribution in [1.29, 1.82) is 0 Å². The molecule has 0 saturated carbocycles. The van der Waals surface area contributed by atoms with Crippen molar-refractivity contribution in [1.82, 2.24) is 14.7 Å². The molecule has 0 atom stereocenters. The van der Waals surface area contributed by atoms with E-state index >= 15 is 0 Å². The second kappa shape index (κ2) is 4.81. The van der Waals surface area contributed by atoms with Gasteiger partial charge in [-0.25, -0.2) is 4.98 Å². The highest BCUT2D eigenvalue weighted by atomic mass is 19.4. The lowest BCUT2D eigenvalue weighted by atomic mass is 9.99. The first-order valence-electron chi connectivity index (χ1n) is 5.99. The zero-order chi connectivity index (χ0) is 15.0. The first-order chi connectivity index (χ1) is 9.17. The first-order valence-corrected chi connectivity index (χ1v) is 5.99. The number of amides is 1. The van der Waals surface area contributed by atoms with Gasteiger partial charge in [-0.05, 0) is 26.0 Å². The van der Waals surface area contributed by atoms with Gasteiger partial charge in [0, 0.05) is 24.4 Å². The maximum atomic E-state index is 12.3. The van der Waals surface area contributed by atoms with Crippen molar-refractivity contribution in [2.75, 3.05) is 0 Å². The van der Waals surface area contributed by atoms with Gasteiger partial charge in [0.25, 0.3) is 0 Å². The van der Waals surface area contributed by atoms with Gasteiger partial charge in [0.15, 0.2) is 0 Å². The van der Waals surface area contributed by atoms with Crippen LogP contribution < -0.4 is 5.32 Å². The van der Waals surface area contributed by atoms with E-state index in [1.165, 1.54) is 13.8 Å². The highest BCUT2D eigenvalue weighted by molar-refractivity contribution is 5.82. The molecule has 0 fully saturated rings. The van der Waals surface area contributed by atoms with Crippen molar-refractivity contribution in [3.63, 3.8) is 0 Å². The summed E-state index contributed by atoms with van der Waals surface area (Å²) in [4.78, 5) is 15.3. The highest BCUT2D eigenvalue weighted by Gasteiger charge is 2.41. The molecule has 4 nitrogen and oxygen atoms in total. The molecule has 1 N–H and O–H groups in total. The summed E-state index contributed by atoms with van der Waals surface area (Å²) in [6.45, 7) is 3.06. The van der Waals surface area contributed by atoms with E-state index in [0.717, 1.165) is 0 Å². The number of imidazole rings is 1. The Bertz CT molecular complexity index is 598. The fraction of sp³-hybridized carbons (Fsp3) is 0.385. The summed E-state index contributed by atoms with van der Waals surface area (Å²) in [7, 11) is 0. The largest absolute Gasteiger partial charge is 0.471 e. The Morgan fingerprint density at radius 2 is 2.05 bits per heavy atom. The van der Waals surface area contributed by atoms with Gasteiger partial charge in [0.05, 0.1) is 5.69 Å². The first kappa shape index (κ1) is 14.4. The van der Waals surface area contributed by atoms with E-state index in [1.807, 2.05) is 17.4 Å². The standard InChI is InChI=1S/C13H14F3N3O/c1-12(2,18-11(20)13(14,15)16)7-9-8-19-6-4-3-5-10(19)17-9/h3-6,8H,7H2,1-2H3,(H,18,20). The molecule has 2 rings (SSSR count). The third-order valence-corrected chi connectivity index (χ3v) is 2.75. The SMILES string of the molecule is CC(C)(Cc1cn2ccccc2n1)NC(=O)C(F)(F)F. The zero-order valence-electron chi connectivity index (χ0n) is 11.0. The number of hydrogen-bond acceptors (Lipinski definition) is 2. The van der Waals surface area contributed by atoms with Crippen molar-refractivity contribution < 1.29 is 18.0 Å². The minimum atomic E-state index is -4.88. The Morgan fingerprint density at radius 1 is 1.35 bits per heavy atom. The summed E-state index contributed by atoms with van der Waals surface area (Å²) < 4.78 is 38.5. The quantitative estimate of drug-likeness (QED) is 0.941. The average molecular weight is 285 g/mol. The fourth-order valence-corrected chi connectivity index (χ4v) is 1.95. The summed E-state index contributed by atoms with van der Waals surface area (Å²) in [6, 6.07) is 5.45. The lowest BCUT2D eigenvalue weighted by molar-refractivity contribution is -0.175.